The van der Waals surface area contributed by atoms with E-state index in [0.29, 0.717) is 31.1 Å². The van der Waals surface area contributed by atoms with E-state index in [9.17, 15) is 4.79 Å². The standard InChI is InChI=1S/C16H17NO3S/c1-2-17-13(5-3-12(10-21)16(17)18)11-4-6-14-15(9-11)20-8-7-19-14/h3-6,9,21H,2,7-8,10H2,1H3. The van der Waals surface area contributed by atoms with Gasteiger partial charge < -0.3 is 14.0 Å². The predicted octanol–water partition coefficient (Wildman–Crippen LogP) is 2.74. The van der Waals surface area contributed by atoms with Crippen LogP contribution in [-0.4, -0.2) is 17.8 Å². The minimum absolute atomic E-state index is 0.0138. The first-order chi connectivity index (χ1) is 10.2. The molecule has 0 saturated carbocycles. The summed E-state index contributed by atoms with van der Waals surface area (Å²) < 4.78 is 12.9. The maximum absolute atomic E-state index is 12.4. The molecule has 0 bridgehead atoms. The quantitative estimate of drug-likeness (QED) is 0.886. The number of nitrogens with zero attached hydrogens (tertiary/aromatic N) is 1. The zero-order chi connectivity index (χ0) is 14.8. The topological polar surface area (TPSA) is 40.5 Å². The molecule has 0 saturated heterocycles. The van der Waals surface area contributed by atoms with Gasteiger partial charge in [-0.1, -0.05) is 6.07 Å². The molecule has 0 amide bonds. The van der Waals surface area contributed by atoms with Crippen LogP contribution in [0, 0.1) is 0 Å². The summed E-state index contributed by atoms with van der Waals surface area (Å²) in [7, 11) is 0. The maximum Gasteiger partial charge on any atom is 0.255 e. The molecule has 1 aromatic heterocycles. The van der Waals surface area contributed by atoms with Gasteiger partial charge in [0.15, 0.2) is 11.5 Å². The number of benzene rings is 1. The summed E-state index contributed by atoms with van der Waals surface area (Å²) in [6.45, 7) is 3.70. The molecule has 0 N–H and O–H groups in total. The molecule has 0 fully saturated rings. The molecule has 1 aliphatic heterocycles. The van der Waals surface area contributed by atoms with E-state index in [1.807, 2.05) is 37.3 Å². The van der Waals surface area contributed by atoms with Crippen LogP contribution >= 0.6 is 12.6 Å². The summed E-state index contributed by atoms with van der Waals surface area (Å²) in [6.07, 6.45) is 0. The van der Waals surface area contributed by atoms with Gasteiger partial charge in [-0.05, 0) is 31.2 Å². The fourth-order valence-corrected chi connectivity index (χ4v) is 2.75. The first-order valence-corrected chi connectivity index (χ1v) is 7.61. The van der Waals surface area contributed by atoms with Gasteiger partial charge in [-0.25, -0.2) is 0 Å². The van der Waals surface area contributed by atoms with E-state index in [1.165, 1.54) is 0 Å². The normalized spacial score (nSPS) is 13.2. The fraction of sp³-hybridized carbons (Fsp3) is 0.312. The molecule has 5 heteroatoms. The molecule has 0 atom stereocenters. The van der Waals surface area contributed by atoms with Crippen LogP contribution in [0.15, 0.2) is 35.1 Å². The Morgan fingerprint density at radius 2 is 1.90 bits per heavy atom. The van der Waals surface area contributed by atoms with Gasteiger partial charge in [0.05, 0.1) is 5.69 Å². The lowest BCUT2D eigenvalue weighted by atomic mass is 10.1. The van der Waals surface area contributed by atoms with E-state index in [0.717, 1.165) is 22.8 Å². The lowest BCUT2D eigenvalue weighted by Crippen LogP contribution is -2.23. The van der Waals surface area contributed by atoms with Gasteiger partial charge >= 0.3 is 0 Å². The molecule has 21 heavy (non-hydrogen) atoms. The SMILES string of the molecule is CCn1c(-c2ccc3c(c2)OCCO3)ccc(CS)c1=O. The highest BCUT2D eigenvalue weighted by molar-refractivity contribution is 7.79. The molecule has 4 nitrogen and oxygen atoms in total. The van der Waals surface area contributed by atoms with Crippen molar-refractivity contribution in [2.45, 2.75) is 19.2 Å². The average molecular weight is 303 g/mol. The molecule has 2 aromatic rings. The lowest BCUT2D eigenvalue weighted by molar-refractivity contribution is 0.171. The highest BCUT2D eigenvalue weighted by Gasteiger charge is 2.14. The monoisotopic (exact) mass is 303 g/mol. The highest BCUT2D eigenvalue weighted by Crippen LogP contribution is 2.34. The van der Waals surface area contributed by atoms with Crippen molar-refractivity contribution in [3.8, 4) is 22.8 Å². The molecular weight excluding hydrogens is 286 g/mol. The van der Waals surface area contributed by atoms with Crippen molar-refractivity contribution in [1.82, 2.24) is 4.57 Å². The molecule has 3 rings (SSSR count). The largest absolute Gasteiger partial charge is 0.486 e. The Balaban J connectivity index is 2.12. The lowest BCUT2D eigenvalue weighted by Gasteiger charge is -2.20. The molecule has 1 aliphatic rings. The van der Waals surface area contributed by atoms with Crippen molar-refractivity contribution in [3.63, 3.8) is 0 Å². The number of pyridine rings is 1. The second-order valence-corrected chi connectivity index (χ2v) is 5.13. The molecule has 0 radical (unpaired) electrons. The second-order valence-electron chi connectivity index (χ2n) is 4.81. The summed E-state index contributed by atoms with van der Waals surface area (Å²) in [4.78, 5) is 12.4. The summed E-state index contributed by atoms with van der Waals surface area (Å²) in [5, 5.41) is 0. The van der Waals surface area contributed by atoms with Crippen LogP contribution in [0.3, 0.4) is 0 Å². The molecule has 0 aliphatic carbocycles. The van der Waals surface area contributed by atoms with E-state index >= 15 is 0 Å². The first-order valence-electron chi connectivity index (χ1n) is 6.98. The Morgan fingerprint density at radius 3 is 2.62 bits per heavy atom. The third kappa shape index (κ3) is 2.53. The molecule has 110 valence electrons. The van der Waals surface area contributed by atoms with Crippen molar-refractivity contribution in [2.24, 2.45) is 0 Å². The average Bonchev–Trinajstić information content (AvgIpc) is 2.54. The third-order valence-corrected chi connectivity index (χ3v) is 3.92. The van der Waals surface area contributed by atoms with E-state index in [4.69, 9.17) is 9.47 Å². The van der Waals surface area contributed by atoms with Gasteiger partial charge in [0.25, 0.3) is 5.56 Å². The zero-order valence-electron chi connectivity index (χ0n) is 11.8. The summed E-state index contributed by atoms with van der Waals surface area (Å²) in [5.74, 6) is 1.93. The third-order valence-electron chi connectivity index (χ3n) is 3.58. The smallest absolute Gasteiger partial charge is 0.255 e. The van der Waals surface area contributed by atoms with Gasteiger partial charge in [0, 0.05) is 23.4 Å². The van der Waals surface area contributed by atoms with Crippen molar-refractivity contribution in [2.75, 3.05) is 13.2 Å². The molecule has 0 unspecified atom stereocenters. The van der Waals surface area contributed by atoms with E-state index < -0.39 is 0 Å². The van der Waals surface area contributed by atoms with Crippen LogP contribution in [0.1, 0.15) is 12.5 Å². The Bertz CT molecular complexity index is 724. The molecular formula is C16H17NO3S. The maximum atomic E-state index is 12.4. The van der Waals surface area contributed by atoms with E-state index in [2.05, 4.69) is 12.6 Å². The zero-order valence-corrected chi connectivity index (χ0v) is 12.7. The highest BCUT2D eigenvalue weighted by atomic mass is 32.1. The van der Waals surface area contributed by atoms with E-state index in [-0.39, 0.29) is 5.56 Å². The minimum atomic E-state index is 0.0138. The summed E-state index contributed by atoms with van der Waals surface area (Å²) >= 11 is 4.20. The summed E-state index contributed by atoms with van der Waals surface area (Å²) in [5.41, 5.74) is 2.55. The Kier molecular flexibility index (Phi) is 3.92. The van der Waals surface area contributed by atoms with Crippen LogP contribution in [0.5, 0.6) is 11.5 Å². The van der Waals surface area contributed by atoms with Gasteiger partial charge in [-0.15, -0.1) is 0 Å². The number of aromatic nitrogens is 1. The van der Waals surface area contributed by atoms with Crippen molar-refractivity contribution in [1.29, 1.82) is 0 Å². The molecule has 0 spiro atoms. The van der Waals surface area contributed by atoms with Crippen molar-refractivity contribution < 1.29 is 9.47 Å². The number of ether oxygens (including phenoxy) is 2. The second kappa shape index (κ2) is 5.85. The number of thiol groups is 1. The van der Waals surface area contributed by atoms with Crippen LogP contribution in [0.4, 0.5) is 0 Å². The van der Waals surface area contributed by atoms with E-state index in [1.54, 1.807) is 4.57 Å². The minimum Gasteiger partial charge on any atom is -0.486 e. The Hall–Kier alpha value is -1.88. The number of hydrogen-bond acceptors (Lipinski definition) is 4. The van der Waals surface area contributed by atoms with Crippen molar-refractivity contribution in [3.05, 3.63) is 46.2 Å². The summed E-state index contributed by atoms with van der Waals surface area (Å²) in [6, 6.07) is 9.57. The van der Waals surface area contributed by atoms with Gasteiger partial charge in [0.2, 0.25) is 0 Å². The number of hydrogen-bond donors (Lipinski definition) is 1. The Morgan fingerprint density at radius 1 is 1.14 bits per heavy atom. The number of rotatable bonds is 3. The van der Waals surface area contributed by atoms with Crippen LogP contribution in [-0.2, 0) is 12.3 Å². The van der Waals surface area contributed by atoms with Gasteiger partial charge in [-0.2, -0.15) is 12.6 Å². The molecule has 2 heterocycles. The van der Waals surface area contributed by atoms with Crippen LogP contribution < -0.4 is 15.0 Å². The first kappa shape index (κ1) is 14.1. The fourth-order valence-electron chi connectivity index (χ4n) is 2.51. The van der Waals surface area contributed by atoms with Crippen LogP contribution in [0.25, 0.3) is 11.3 Å². The predicted molar refractivity (Wildman–Crippen MR) is 85.5 cm³/mol. The van der Waals surface area contributed by atoms with Crippen molar-refractivity contribution >= 4 is 12.6 Å². The number of fused-ring (bicyclic) bond motifs is 1. The molecule has 1 aromatic carbocycles. The Labute approximate surface area is 128 Å². The van der Waals surface area contributed by atoms with Gasteiger partial charge in [-0.3, -0.25) is 4.79 Å². The van der Waals surface area contributed by atoms with Gasteiger partial charge in [0.1, 0.15) is 13.2 Å². The van der Waals surface area contributed by atoms with Crippen LogP contribution in [0.2, 0.25) is 0 Å².